The highest BCUT2D eigenvalue weighted by Gasteiger charge is 2.07. The van der Waals surface area contributed by atoms with E-state index in [0.29, 0.717) is 17.8 Å². The zero-order valence-electron chi connectivity index (χ0n) is 4.26. The maximum Gasteiger partial charge on any atom is 0.309 e. The van der Waals surface area contributed by atoms with Gasteiger partial charge < -0.3 is 10.5 Å². The van der Waals surface area contributed by atoms with Gasteiger partial charge in [-0.25, -0.2) is 4.74 Å². The first-order valence-corrected chi connectivity index (χ1v) is 2.35. The predicted octanol–water partition coefficient (Wildman–Crippen LogP) is -1.30. The Kier molecular flexibility index (Phi) is 1.15. The van der Waals surface area contributed by atoms with Gasteiger partial charge in [-0.3, -0.25) is 4.79 Å². The third kappa shape index (κ3) is 0.959. The SMILES string of the molecule is O=C1C=[N+]([O-])CCN1. The van der Waals surface area contributed by atoms with Crippen LogP contribution in [0, 0.1) is 5.21 Å². The summed E-state index contributed by atoms with van der Waals surface area (Å²) in [7, 11) is 0. The molecule has 0 aromatic heterocycles. The maximum absolute atomic E-state index is 10.3. The largest absolute Gasteiger partial charge is 0.624 e. The first-order valence-electron chi connectivity index (χ1n) is 2.35. The summed E-state index contributed by atoms with van der Waals surface area (Å²) in [6.07, 6.45) is 1.00. The van der Waals surface area contributed by atoms with E-state index in [9.17, 15) is 10.0 Å². The number of carbonyl (C=O) groups is 1. The number of amides is 1. The minimum Gasteiger partial charge on any atom is -0.624 e. The van der Waals surface area contributed by atoms with Crippen LogP contribution in [0.25, 0.3) is 0 Å². The van der Waals surface area contributed by atoms with Crippen molar-refractivity contribution in [3.63, 3.8) is 0 Å². The lowest BCUT2D eigenvalue weighted by Gasteiger charge is -2.08. The fraction of sp³-hybridized carbons (Fsp3) is 0.500. The molecule has 1 rings (SSSR count). The van der Waals surface area contributed by atoms with Gasteiger partial charge in [0, 0.05) is 0 Å². The summed E-state index contributed by atoms with van der Waals surface area (Å²) in [6.45, 7) is 0.824. The molecule has 0 aliphatic carbocycles. The van der Waals surface area contributed by atoms with Gasteiger partial charge in [0.2, 0.25) is 6.21 Å². The van der Waals surface area contributed by atoms with E-state index in [2.05, 4.69) is 5.32 Å². The smallest absolute Gasteiger partial charge is 0.309 e. The number of hydrogen-bond acceptors (Lipinski definition) is 2. The first-order chi connectivity index (χ1) is 3.79. The molecule has 1 aliphatic rings. The van der Waals surface area contributed by atoms with Gasteiger partial charge in [0.1, 0.15) is 0 Å². The van der Waals surface area contributed by atoms with Crippen molar-refractivity contribution in [3.05, 3.63) is 5.21 Å². The van der Waals surface area contributed by atoms with Crippen molar-refractivity contribution < 1.29 is 9.53 Å². The summed E-state index contributed by atoms with van der Waals surface area (Å²) >= 11 is 0. The molecule has 1 aliphatic heterocycles. The highest BCUT2D eigenvalue weighted by molar-refractivity contribution is 6.24. The number of rotatable bonds is 0. The van der Waals surface area contributed by atoms with Crippen LogP contribution in [0.15, 0.2) is 0 Å². The Labute approximate surface area is 46.4 Å². The molecule has 0 unspecified atom stereocenters. The Morgan fingerprint density at radius 3 is 3.00 bits per heavy atom. The first kappa shape index (κ1) is 5.08. The maximum atomic E-state index is 10.3. The van der Waals surface area contributed by atoms with Crippen molar-refractivity contribution >= 4 is 12.1 Å². The van der Waals surface area contributed by atoms with Gasteiger partial charge in [-0.2, -0.15) is 0 Å². The van der Waals surface area contributed by atoms with Crippen LogP contribution in [0.4, 0.5) is 0 Å². The molecular weight excluding hydrogens is 108 g/mol. The summed E-state index contributed by atoms with van der Waals surface area (Å²) in [5, 5.41) is 12.8. The Hall–Kier alpha value is -1.06. The third-order valence-corrected chi connectivity index (χ3v) is 0.893. The molecule has 4 nitrogen and oxygen atoms in total. The normalized spacial score (nSPS) is 19.5. The van der Waals surface area contributed by atoms with Gasteiger partial charge in [-0.05, 0) is 0 Å². The van der Waals surface area contributed by atoms with E-state index >= 15 is 0 Å². The standard InChI is InChI=1S/C4H6N2O2/c7-4-3-6(8)2-1-5-4/h3H,1-2H2,(H,5,7). The van der Waals surface area contributed by atoms with Crippen molar-refractivity contribution in [3.8, 4) is 0 Å². The molecule has 0 saturated heterocycles. The summed E-state index contributed by atoms with van der Waals surface area (Å²) in [4.78, 5) is 10.3. The number of nitrogens with zero attached hydrogens (tertiary/aromatic N) is 1. The molecule has 0 bridgehead atoms. The molecule has 44 valence electrons. The third-order valence-electron chi connectivity index (χ3n) is 0.893. The number of hydrogen-bond donors (Lipinski definition) is 1. The monoisotopic (exact) mass is 114 g/mol. The molecular formula is C4H6N2O2. The van der Waals surface area contributed by atoms with E-state index < -0.39 is 0 Å². The summed E-state index contributed by atoms with van der Waals surface area (Å²) < 4.78 is 0.624. The van der Waals surface area contributed by atoms with Crippen LogP contribution >= 0.6 is 0 Å². The van der Waals surface area contributed by atoms with Crippen LogP contribution in [0.1, 0.15) is 0 Å². The molecule has 0 aromatic carbocycles. The lowest BCUT2D eigenvalue weighted by Crippen LogP contribution is -2.37. The second-order valence-corrected chi connectivity index (χ2v) is 1.56. The van der Waals surface area contributed by atoms with Crippen molar-refractivity contribution in [2.24, 2.45) is 0 Å². The number of hydroxylamine groups is 1. The fourth-order valence-electron chi connectivity index (χ4n) is 0.530. The Balaban J connectivity index is 2.64. The lowest BCUT2D eigenvalue weighted by molar-refractivity contribution is -0.452. The molecule has 1 N–H and O–H groups in total. The van der Waals surface area contributed by atoms with E-state index in [4.69, 9.17) is 0 Å². The van der Waals surface area contributed by atoms with Crippen LogP contribution in [-0.2, 0) is 4.79 Å². The van der Waals surface area contributed by atoms with Gasteiger partial charge >= 0.3 is 5.91 Å². The van der Waals surface area contributed by atoms with E-state index in [1.54, 1.807) is 0 Å². The molecule has 1 amide bonds. The van der Waals surface area contributed by atoms with Crippen LogP contribution in [0.2, 0.25) is 0 Å². The average Bonchev–Trinajstić information content (AvgIpc) is 1.64. The minimum atomic E-state index is -0.300. The van der Waals surface area contributed by atoms with E-state index in [0.717, 1.165) is 6.21 Å². The highest BCUT2D eigenvalue weighted by Crippen LogP contribution is 1.74. The lowest BCUT2D eigenvalue weighted by atomic mass is 10.5. The predicted molar refractivity (Wildman–Crippen MR) is 27.6 cm³/mol. The molecule has 0 radical (unpaired) electrons. The van der Waals surface area contributed by atoms with E-state index in [-0.39, 0.29) is 5.91 Å². The number of nitrogens with one attached hydrogen (secondary N) is 1. The van der Waals surface area contributed by atoms with E-state index in [1.807, 2.05) is 0 Å². The molecule has 0 spiro atoms. The zero-order valence-corrected chi connectivity index (χ0v) is 4.26. The second-order valence-electron chi connectivity index (χ2n) is 1.56. The van der Waals surface area contributed by atoms with Gasteiger partial charge in [0.05, 0.1) is 6.54 Å². The van der Waals surface area contributed by atoms with Crippen LogP contribution in [-0.4, -0.2) is 30.0 Å². The quantitative estimate of drug-likeness (QED) is 0.314. The van der Waals surface area contributed by atoms with E-state index in [1.165, 1.54) is 0 Å². The summed E-state index contributed by atoms with van der Waals surface area (Å²) in [5.74, 6) is -0.300. The van der Waals surface area contributed by atoms with Crippen molar-refractivity contribution in [1.29, 1.82) is 0 Å². The molecule has 0 saturated carbocycles. The molecule has 1 heterocycles. The van der Waals surface area contributed by atoms with Crippen molar-refractivity contribution in [1.82, 2.24) is 5.32 Å². The summed E-state index contributed by atoms with van der Waals surface area (Å²) in [5.41, 5.74) is 0. The number of carbonyl (C=O) groups excluding carboxylic acids is 1. The minimum absolute atomic E-state index is 0.300. The molecule has 0 aromatic rings. The average molecular weight is 114 g/mol. The fourth-order valence-corrected chi connectivity index (χ4v) is 0.530. The van der Waals surface area contributed by atoms with Crippen molar-refractivity contribution in [2.75, 3.05) is 13.1 Å². The van der Waals surface area contributed by atoms with Gasteiger partial charge in [0.15, 0.2) is 6.54 Å². The van der Waals surface area contributed by atoms with Crippen LogP contribution in [0.3, 0.4) is 0 Å². The van der Waals surface area contributed by atoms with Crippen molar-refractivity contribution in [2.45, 2.75) is 0 Å². The van der Waals surface area contributed by atoms with Crippen LogP contribution < -0.4 is 5.32 Å². The molecule has 0 atom stereocenters. The van der Waals surface area contributed by atoms with Crippen LogP contribution in [0.5, 0.6) is 0 Å². The molecule has 8 heavy (non-hydrogen) atoms. The highest BCUT2D eigenvalue weighted by atomic mass is 16.5. The Morgan fingerprint density at radius 1 is 1.88 bits per heavy atom. The van der Waals surface area contributed by atoms with Gasteiger partial charge in [-0.15, -0.1) is 0 Å². The van der Waals surface area contributed by atoms with Gasteiger partial charge in [-0.1, -0.05) is 0 Å². The molecule has 4 heteroatoms. The Morgan fingerprint density at radius 2 is 2.62 bits per heavy atom. The van der Waals surface area contributed by atoms with Gasteiger partial charge in [0.25, 0.3) is 0 Å². The Bertz CT molecular complexity index is 141. The summed E-state index contributed by atoms with van der Waals surface area (Å²) in [6, 6.07) is 0. The topological polar surface area (TPSA) is 55.2 Å². The molecule has 0 fully saturated rings. The zero-order chi connectivity index (χ0) is 5.98. The second kappa shape index (κ2) is 1.81.